The summed E-state index contributed by atoms with van der Waals surface area (Å²) in [5.74, 6) is 0.0742. The first-order valence-electron chi connectivity index (χ1n) is 5.36. The summed E-state index contributed by atoms with van der Waals surface area (Å²) in [5, 5.41) is 6.14. The van der Waals surface area contributed by atoms with Crippen LogP contribution in [0.2, 0.25) is 0 Å². The van der Waals surface area contributed by atoms with Gasteiger partial charge in [-0.05, 0) is 20.8 Å². The van der Waals surface area contributed by atoms with E-state index in [1.807, 2.05) is 0 Å². The lowest BCUT2D eigenvalue weighted by Gasteiger charge is -2.20. The molecule has 0 unspecified atom stereocenters. The van der Waals surface area contributed by atoms with Gasteiger partial charge in [0, 0.05) is 29.6 Å². The number of amides is 1. The summed E-state index contributed by atoms with van der Waals surface area (Å²) in [4.78, 5) is 16.5. The van der Waals surface area contributed by atoms with Gasteiger partial charge < -0.3 is 10.6 Å². The van der Waals surface area contributed by atoms with E-state index in [1.165, 1.54) is 0 Å². The van der Waals surface area contributed by atoms with Gasteiger partial charge in [0.25, 0.3) is 0 Å². The minimum atomic E-state index is 0.0674. The number of aromatic nitrogens is 1. The van der Waals surface area contributed by atoms with Crippen LogP contribution in [-0.4, -0.2) is 23.0 Å². The van der Waals surface area contributed by atoms with Crippen molar-refractivity contribution in [2.24, 2.45) is 0 Å². The van der Waals surface area contributed by atoms with E-state index in [9.17, 15) is 4.79 Å². The van der Waals surface area contributed by atoms with E-state index in [2.05, 4.69) is 36.4 Å². The van der Waals surface area contributed by atoms with E-state index in [4.69, 9.17) is 0 Å². The molecule has 2 N–H and O–H groups in total. The van der Waals surface area contributed by atoms with Crippen LogP contribution in [0, 0.1) is 0 Å². The maximum Gasteiger partial charge on any atom is 0.221 e. The van der Waals surface area contributed by atoms with Crippen LogP contribution >= 0.6 is 11.3 Å². The van der Waals surface area contributed by atoms with E-state index in [-0.39, 0.29) is 11.4 Å². The third-order valence-electron chi connectivity index (χ3n) is 1.95. The molecule has 4 nitrogen and oxygen atoms in total. The van der Waals surface area contributed by atoms with Crippen molar-refractivity contribution in [2.75, 3.05) is 6.54 Å². The van der Waals surface area contributed by atoms with Crippen molar-refractivity contribution in [3.63, 3.8) is 0 Å². The second-order valence-corrected chi connectivity index (χ2v) is 5.64. The zero-order valence-corrected chi connectivity index (χ0v) is 10.9. The molecule has 90 valence electrons. The van der Waals surface area contributed by atoms with Crippen LogP contribution in [-0.2, 0) is 11.3 Å². The largest absolute Gasteiger partial charge is 0.351 e. The second-order valence-electron chi connectivity index (χ2n) is 4.67. The van der Waals surface area contributed by atoms with Gasteiger partial charge in [-0.3, -0.25) is 9.78 Å². The zero-order chi connectivity index (χ0) is 12.0. The van der Waals surface area contributed by atoms with Crippen molar-refractivity contribution >= 4 is 17.2 Å². The molecule has 0 saturated carbocycles. The maximum atomic E-state index is 11.5. The number of carbonyl (C=O) groups excluding carboxylic acids is 1. The third-order valence-corrected chi connectivity index (χ3v) is 2.73. The number of rotatable bonds is 5. The highest BCUT2D eigenvalue weighted by atomic mass is 32.1. The molecule has 0 aliphatic rings. The molecule has 0 bridgehead atoms. The van der Waals surface area contributed by atoms with Crippen molar-refractivity contribution in [2.45, 2.75) is 39.3 Å². The summed E-state index contributed by atoms with van der Waals surface area (Å²) in [5.41, 5.74) is 1.83. The molecule has 16 heavy (non-hydrogen) atoms. The Bertz CT molecular complexity index is 316. The first-order valence-corrected chi connectivity index (χ1v) is 6.24. The number of nitrogens with zero attached hydrogens (tertiary/aromatic N) is 1. The lowest BCUT2D eigenvalue weighted by molar-refractivity contribution is -0.121. The van der Waals surface area contributed by atoms with E-state index < -0.39 is 0 Å². The highest BCUT2D eigenvalue weighted by Crippen LogP contribution is 2.04. The molecule has 1 rings (SSSR count). The average molecular weight is 241 g/mol. The van der Waals surface area contributed by atoms with E-state index in [0.29, 0.717) is 19.5 Å². The van der Waals surface area contributed by atoms with Crippen LogP contribution in [0.5, 0.6) is 0 Å². The standard InChI is InChI=1S/C11H19N3OS/c1-11(2,3)14-5-4-10(15)13-7-9-6-12-8-16-9/h6,8,14H,4-5,7H2,1-3H3,(H,13,15). The zero-order valence-electron chi connectivity index (χ0n) is 10.0. The molecule has 0 atom stereocenters. The first-order chi connectivity index (χ1) is 7.47. The number of hydrogen-bond donors (Lipinski definition) is 2. The Hall–Kier alpha value is -0.940. The van der Waals surface area contributed by atoms with Crippen LogP contribution in [0.4, 0.5) is 0 Å². The summed E-state index contributed by atoms with van der Waals surface area (Å²) in [6.45, 7) is 7.55. The van der Waals surface area contributed by atoms with Gasteiger partial charge in [0.1, 0.15) is 0 Å². The van der Waals surface area contributed by atoms with Crippen molar-refractivity contribution in [1.29, 1.82) is 0 Å². The summed E-state index contributed by atoms with van der Waals surface area (Å²) in [6.07, 6.45) is 2.29. The summed E-state index contributed by atoms with van der Waals surface area (Å²) < 4.78 is 0. The molecule has 0 saturated heterocycles. The minimum absolute atomic E-state index is 0.0674. The molecule has 0 radical (unpaired) electrons. The molecule has 1 aromatic rings. The van der Waals surface area contributed by atoms with Gasteiger partial charge >= 0.3 is 0 Å². The van der Waals surface area contributed by atoms with Gasteiger partial charge in [0.05, 0.1) is 12.1 Å². The summed E-state index contributed by atoms with van der Waals surface area (Å²) >= 11 is 1.55. The van der Waals surface area contributed by atoms with E-state index >= 15 is 0 Å². The highest BCUT2D eigenvalue weighted by molar-refractivity contribution is 7.09. The molecule has 5 heteroatoms. The van der Waals surface area contributed by atoms with Crippen LogP contribution < -0.4 is 10.6 Å². The Morgan fingerprint density at radius 1 is 1.50 bits per heavy atom. The Labute approximate surface area is 100 Å². The normalized spacial score (nSPS) is 11.4. The van der Waals surface area contributed by atoms with Crippen LogP contribution in [0.25, 0.3) is 0 Å². The van der Waals surface area contributed by atoms with Crippen molar-refractivity contribution in [3.8, 4) is 0 Å². The van der Waals surface area contributed by atoms with E-state index in [0.717, 1.165) is 4.88 Å². The van der Waals surface area contributed by atoms with Crippen molar-refractivity contribution in [3.05, 3.63) is 16.6 Å². The average Bonchev–Trinajstić information content (AvgIpc) is 2.65. The van der Waals surface area contributed by atoms with Crippen LogP contribution in [0.1, 0.15) is 32.1 Å². The fraction of sp³-hybridized carbons (Fsp3) is 0.636. The maximum absolute atomic E-state index is 11.5. The smallest absolute Gasteiger partial charge is 0.221 e. The molecular weight excluding hydrogens is 222 g/mol. The Morgan fingerprint density at radius 2 is 2.25 bits per heavy atom. The lowest BCUT2D eigenvalue weighted by atomic mass is 10.1. The number of hydrogen-bond acceptors (Lipinski definition) is 4. The van der Waals surface area contributed by atoms with Gasteiger partial charge in [-0.25, -0.2) is 0 Å². The fourth-order valence-electron chi connectivity index (χ4n) is 1.15. The van der Waals surface area contributed by atoms with Crippen LogP contribution in [0.15, 0.2) is 11.7 Å². The van der Waals surface area contributed by atoms with Gasteiger partial charge in [0.15, 0.2) is 0 Å². The lowest BCUT2D eigenvalue weighted by Crippen LogP contribution is -2.38. The van der Waals surface area contributed by atoms with Gasteiger partial charge in [-0.15, -0.1) is 11.3 Å². The predicted octanol–water partition coefficient (Wildman–Crippen LogP) is 1.54. The summed E-state index contributed by atoms with van der Waals surface area (Å²) in [6, 6.07) is 0. The molecule has 0 aliphatic heterocycles. The number of thiazole rings is 1. The molecule has 1 aromatic heterocycles. The number of carbonyl (C=O) groups is 1. The highest BCUT2D eigenvalue weighted by Gasteiger charge is 2.09. The molecule has 0 spiro atoms. The SMILES string of the molecule is CC(C)(C)NCCC(=O)NCc1cncs1. The van der Waals surface area contributed by atoms with Gasteiger partial charge in [0.2, 0.25) is 5.91 Å². The molecule has 0 aliphatic carbocycles. The molecule has 1 amide bonds. The molecular formula is C11H19N3OS. The Kier molecular flexibility index (Phi) is 4.89. The van der Waals surface area contributed by atoms with Gasteiger partial charge in [-0.2, -0.15) is 0 Å². The minimum Gasteiger partial charge on any atom is -0.351 e. The predicted molar refractivity (Wildman–Crippen MR) is 66.3 cm³/mol. The first kappa shape index (κ1) is 13.1. The van der Waals surface area contributed by atoms with Crippen molar-refractivity contribution < 1.29 is 4.79 Å². The monoisotopic (exact) mass is 241 g/mol. The Morgan fingerprint density at radius 3 is 2.81 bits per heavy atom. The quantitative estimate of drug-likeness (QED) is 0.822. The van der Waals surface area contributed by atoms with Gasteiger partial charge in [-0.1, -0.05) is 0 Å². The van der Waals surface area contributed by atoms with Crippen molar-refractivity contribution in [1.82, 2.24) is 15.6 Å². The summed E-state index contributed by atoms with van der Waals surface area (Å²) in [7, 11) is 0. The third kappa shape index (κ3) is 5.82. The second kappa shape index (κ2) is 5.96. The molecule has 1 heterocycles. The fourth-order valence-corrected chi connectivity index (χ4v) is 1.69. The van der Waals surface area contributed by atoms with E-state index in [1.54, 1.807) is 23.0 Å². The Balaban J connectivity index is 2.12. The van der Waals surface area contributed by atoms with Crippen LogP contribution in [0.3, 0.4) is 0 Å². The molecule has 0 fully saturated rings. The molecule has 0 aromatic carbocycles. The number of nitrogens with one attached hydrogen (secondary N) is 2. The topological polar surface area (TPSA) is 54.0 Å².